The third-order valence-corrected chi connectivity index (χ3v) is 6.53. The van der Waals surface area contributed by atoms with E-state index in [1.807, 2.05) is 13.8 Å². The van der Waals surface area contributed by atoms with Gasteiger partial charge in [-0.3, -0.25) is 4.79 Å². The largest absolute Gasteiger partial charge is 0.489 e. The molecule has 0 bridgehead atoms. The van der Waals surface area contributed by atoms with Crippen LogP contribution in [0.4, 0.5) is 11.4 Å². The zero-order valence-corrected chi connectivity index (χ0v) is 18.8. The Morgan fingerprint density at radius 3 is 2.66 bits per heavy atom. The summed E-state index contributed by atoms with van der Waals surface area (Å²) in [5.74, 6) is 0.161. The van der Waals surface area contributed by atoms with Gasteiger partial charge in [0.15, 0.2) is 0 Å². The molecular formula is C22H26N4O5S. The molecule has 0 aromatic heterocycles. The van der Waals surface area contributed by atoms with Crippen molar-refractivity contribution >= 4 is 27.3 Å². The molecule has 1 fully saturated rings. The van der Waals surface area contributed by atoms with Crippen molar-refractivity contribution < 1.29 is 22.7 Å². The Morgan fingerprint density at radius 2 is 1.97 bits per heavy atom. The number of amides is 1. The number of nitriles is 1. The fraction of sp³-hybridized carbons (Fsp3) is 0.364. The minimum atomic E-state index is -3.66. The van der Waals surface area contributed by atoms with Crippen LogP contribution >= 0.6 is 0 Å². The van der Waals surface area contributed by atoms with Gasteiger partial charge >= 0.3 is 0 Å². The van der Waals surface area contributed by atoms with Crippen LogP contribution in [-0.2, 0) is 19.6 Å². The molecule has 170 valence electrons. The van der Waals surface area contributed by atoms with E-state index in [0.29, 0.717) is 49.0 Å². The molecular weight excluding hydrogens is 432 g/mol. The van der Waals surface area contributed by atoms with Crippen molar-refractivity contribution in [3.8, 4) is 11.8 Å². The molecule has 2 aromatic rings. The van der Waals surface area contributed by atoms with E-state index < -0.39 is 10.0 Å². The molecule has 32 heavy (non-hydrogen) atoms. The first kappa shape index (κ1) is 23.5. The van der Waals surface area contributed by atoms with Gasteiger partial charge in [-0.2, -0.15) is 9.57 Å². The molecule has 0 spiro atoms. The Labute approximate surface area is 188 Å². The lowest BCUT2D eigenvalue weighted by atomic mass is 10.2. The van der Waals surface area contributed by atoms with Crippen molar-refractivity contribution in [1.82, 2.24) is 4.31 Å². The van der Waals surface area contributed by atoms with Gasteiger partial charge < -0.3 is 20.1 Å². The van der Waals surface area contributed by atoms with E-state index in [-0.39, 0.29) is 23.5 Å². The highest BCUT2D eigenvalue weighted by molar-refractivity contribution is 7.89. The number of carbonyl (C=O) groups excluding carboxylic acids is 1. The van der Waals surface area contributed by atoms with Crippen molar-refractivity contribution in [3.05, 3.63) is 48.0 Å². The minimum absolute atomic E-state index is 0.0755. The number of hydrogen-bond acceptors (Lipinski definition) is 7. The maximum absolute atomic E-state index is 12.8. The second kappa shape index (κ2) is 10.5. The summed E-state index contributed by atoms with van der Waals surface area (Å²) in [6, 6.07) is 13.1. The number of nitrogens with zero attached hydrogens (tertiary/aromatic N) is 2. The van der Waals surface area contributed by atoms with Crippen LogP contribution in [0, 0.1) is 11.3 Å². The van der Waals surface area contributed by atoms with Gasteiger partial charge in [0.05, 0.1) is 48.1 Å². The molecule has 3 rings (SSSR count). The molecule has 0 saturated carbocycles. The highest BCUT2D eigenvalue weighted by atomic mass is 32.2. The second-order valence-electron chi connectivity index (χ2n) is 7.44. The third kappa shape index (κ3) is 5.97. The molecule has 2 aromatic carbocycles. The number of anilines is 2. The predicted octanol–water partition coefficient (Wildman–Crippen LogP) is 2.42. The zero-order chi connectivity index (χ0) is 23.1. The number of hydrogen-bond donors (Lipinski definition) is 2. The van der Waals surface area contributed by atoms with Crippen molar-refractivity contribution in [2.45, 2.75) is 24.8 Å². The van der Waals surface area contributed by atoms with Gasteiger partial charge in [0.25, 0.3) is 0 Å². The van der Waals surface area contributed by atoms with E-state index in [1.54, 1.807) is 30.3 Å². The first-order chi connectivity index (χ1) is 15.3. The quantitative estimate of drug-likeness (QED) is 0.623. The summed E-state index contributed by atoms with van der Waals surface area (Å²) in [6.45, 7) is 4.98. The highest BCUT2D eigenvalue weighted by Gasteiger charge is 2.26. The average molecular weight is 459 g/mol. The predicted molar refractivity (Wildman–Crippen MR) is 120 cm³/mol. The summed E-state index contributed by atoms with van der Waals surface area (Å²) in [4.78, 5) is 12.6. The Hall–Kier alpha value is -3.13. The molecule has 0 aliphatic carbocycles. The summed E-state index contributed by atoms with van der Waals surface area (Å²) in [5.41, 5.74) is 1.33. The van der Waals surface area contributed by atoms with Crippen LogP contribution in [0.3, 0.4) is 0 Å². The number of benzene rings is 2. The van der Waals surface area contributed by atoms with Gasteiger partial charge in [0.2, 0.25) is 15.9 Å². The number of morpholine rings is 1. The first-order valence-electron chi connectivity index (χ1n) is 10.2. The minimum Gasteiger partial charge on any atom is -0.489 e. The summed E-state index contributed by atoms with van der Waals surface area (Å²) in [7, 11) is -3.66. The van der Waals surface area contributed by atoms with E-state index in [9.17, 15) is 13.2 Å². The molecule has 9 nitrogen and oxygen atoms in total. The Balaban J connectivity index is 1.67. The molecule has 10 heteroatoms. The average Bonchev–Trinajstić information content (AvgIpc) is 2.79. The maximum atomic E-state index is 12.8. The van der Waals surface area contributed by atoms with Crippen LogP contribution in [0.2, 0.25) is 0 Å². The summed E-state index contributed by atoms with van der Waals surface area (Å²) in [6.07, 6.45) is -0.0755. The molecule has 2 N–H and O–H groups in total. The molecule has 1 aliphatic heterocycles. The van der Waals surface area contributed by atoms with E-state index in [2.05, 4.69) is 16.7 Å². The standard InChI is InChI=1S/C22H26N4O5S/c1-16(2)31-21-7-6-17(14-23)12-20(21)24-15-22(27)25-18-4-3-5-19(13-18)32(28,29)26-8-10-30-11-9-26/h3-7,12-13,16,24H,8-11,15H2,1-2H3,(H,25,27). The van der Waals surface area contributed by atoms with Crippen LogP contribution in [0.15, 0.2) is 47.4 Å². The Morgan fingerprint density at radius 1 is 1.22 bits per heavy atom. The Bertz CT molecular complexity index is 1110. The SMILES string of the molecule is CC(C)Oc1ccc(C#N)cc1NCC(=O)Nc1cccc(S(=O)(=O)N2CCOCC2)c1. The van der Waals surface area contributed by atoms with Crippen molar-refractivity contribution in [2.24, 2.45) is 0 Å². The van der Waals surface area contributed by atoms with Gasteiger partial charge in [-0.25, -0.2) is 8.42 Å². The van der Waals surface area contributed by atoms with Gasteiger partial charge in [-0.15, -0.1) is 0 Å². The van der Waals surface area contributed by atoms with Crippen LogP contribution in [-0.4, -0.2) is 57.6 Å². The lowest BCUT2D eigenvalue weighted by molar-refractivity contribution is -0.114. The van der Waals surface area contributed by atoms with Gasteiger partial charge in [0.1, 0.15) is 5.75 Å². The molecule has 1 heterocycles. The van der Waals surface area contributed by atoms with Crippen molar-refractivity contribution in [1.29, 1.82) is 5.26 Å². The molecule has 1 amide bonds. The number of rotatable bonds is 8. The first-order valence-corrected chi connectivity index (χ1v) is 11.7. The van der Waals surface area contributed by atoms with E-state index in [4.69, 9.17) is 14.7 Å². The molecule has 1 aliphatic rings. The van der Waals surface area contributed by atoms with Crippen molar-refractivity contribution in [3.63, 3.8) is 0 Å². The lowest BCUT2D eigenvalue weighted by Gasteiger charge is -2.26. The number of nitrogens with one attached hydrogen (secondary N) is 2. The van der Waals surface area contributed by atoms with E-state index >= 15 is 0 Å². The molecule has 0 unspecified atom stereocenters. The fourth-order valence-electron chi connectivity index (χ4n) is 3.15. The molecule has 0 radical (unpaired) electrons. The number of carbonyl (C=O) groups is 1. The topological polar surface area (TPSA) is 121 Å². The van der Waals surface area contributed by atoms with E-state index in [0.717, 1.165) is 0 Å². The summed E-state index contributed by atoms with van der Waals surface area (Å²) < 4.78 is 38.0. The summed E-state index contributed by atoms with van der Waals surface area (Å²) >= 11 is 0. The smallest absolute Gasteiger partial charge is 0.243 e. The van der Waals surface area contributed by atoms with Gasteiger partial charge in [-0.1, -0.05) is 6.07 Å². The third-order valence-electron chi connectivity index (χ3n) is 4.64. The number of ether oxygens (including phenoxy) is 2. The maximum Gasteiger partial charge on any atom is 0.243 e. The fourth-order valence-corrected chi connectivity index (χ4v) is 4.60. The highest BCUT2D eigenvalue weighted by Crippen LogP contribution is 2.27. The van der Waals surface area contributed by atoms with Gasteiger partial charge in [-0.05, 0) is 50.2 Å². The second-order valence-corrected chi connectivity index (χ2v) is 9.37. The normalized spacial score (nSPS) is 14.6. The summed E-state index contributed by atoms with van der Waals surface area (Å²) in [5, 5.41) is 14.8. The van der Waals surface area contributed by atoms with E-state index in [1.165, 1.54) is 16.4 Å². The monoisotopic (exact) mass is 458 g/mol. The van der Waals surface area contributed by atoms with Crippen LogP contribution in [0.25, 0.3) is 0 Å². The lowest BCUT2D eigenvalue weighted by Crippen LogP contribution is -2.40. The van der Waals surface area contributed by atoms with Crippen LogP contribution in [0.1, 0.15) is 19.4 Å². The van der Waals surface area contributed by atoms with Crippen LogP contribution in [0.5, 0.6) is 5.75 Å². The molecule has 1 saturated heterocycles. The Kier molecular flexibility index (Phi) is 7.69. The van der Waals surface area contributed by atoms with Crippen molar-refractivity contribution in [2.75, 3.05) is 43.5 Å². The zero-order valence-electron chi connectivity index (χ0n) is 18.0. The van der Waals surface area contributed by atoms with Crippen LogP contribution < -0.4 is 15.4 Å². The molecule has 0 atom stereocenters. The number of sulfonamides is 1. The van der Waals surface area contributed by atoms with Gasteiger partial charge in [0, 0.05) is 18.8 Å².